The van der Waals surface area contributed by atoms with Crippen LogP contribution in [0.5, 0.6) is 6.01 Å². The second-order valence-electron chi connectivity index (χ2n) is 2.43. The van der Waals surface area contributed by atoms with Crippen LogP contribution in [0.4, 0.5) is 0 Å². The average molecular weight is 190 g/mol. The number of imidazole rings is 1. The number of fused-ring (bicyclic) bond motifs is 1. The predicted octanol–water partition coefficient (Wildman–Crippen LogP) is 0.444. The predicted molar refractivity (Wildman–Crippen MR) is 47.5 cm³/mol. The number of carbonyl (C=O) groups is 1. The van der Waals surface area contributed by atoms with E-state index >= 15 is 0 Å². The third kappa shape index (κ3) is 1.45. The first kappa shape index (κ1) is 8.36. The molecule has 2 aromatic rings. The highest BCUT2D eigenvalue weighted by Crippen LogP contribution is 2.11. The Morgan fingerprint density at radius 2 is 2.50 bits per heavy atom. The summed E-state index contributed by atoms with van der Waals surface area (Å²) in [5.74, 6) is -0.572. The number of esters is 1. The molecule has 0 amide bonds. The van der Waals surface area contributed by atoms with E-state index in [9.17, 15) is 4.79 Å². The van der Waals surface area contributed by atoms with E-state index in [4.69, 9.17) is 4.74 Å². The SMILES string of the molecule is C=CC(=O)Oc1nc2ncncc2[nH]1. The molecule has 2 heterocycles. The minimum Gasteiger partial charge on any atom is -0.389 e. The molecule has 0 saturated heterocycles. The summed E-state index contributed by atoms with van der Waals surface area (Å²) in [7, 11) is 0. The topological polar surface area (TPSA) is 80.8 Å². The highest BCUT2D eigenvalue weighted by molar-refractivity contribution is 5.83. The van der Waals surface area contributed by atoms with E-state index in [1.54, 1.807) is 6.20 Å². The van der Waals surface area contributed by atoms with Gasteiger partial charge in [-0.15, -0.1) is 0 Å². The molecule has 0 spiro atoms. The first-order valence-electron chi connectivity index (χ1n) is 3.79. The van der Waals surface area contributed by atoms with Crippen LogP contribution in [0.25, 0.3) is 11.2 Å². The maximum absolute atomic E-state index is 10.8. The fraction of sp³-hybridized carbons (Fsp3) is 0. The minimum atomic E-state index is -0.572. The zero-order valence-electron chi connectivity index (χ0n) is 7.10. The number of nitrogens with zero attached hydrogens (tertiary/aromatic N) is 3. The first-order chi connectivity index (χ1) is 6.79. The van der Waals surface area contributed by atoms with E-state index in [0.29, 0.717) is 11.2 Å². The molecule has 2 rings (SSSR count). The van der Waals surface area contributed by atoms with Gasteiger partial charge in [0.15, 0.2) is 5.65 Å². The molecule has 0 radical (unpaired) electrons. The van der Waals surface area contributed by atoms with Crippen molar-refractivity contribution in [1.82, 2.24) is 19.9 Å². The van der Waals surface area contributed by atoms with Gasteiger partial charge < -0.3 is 9.72 Å². The van der Waals surface area contributed by atoms with Crippen molar-refractivity contribution in [2.45, 2.75) is 0 Å². The van der Waals surface area contributed by atoms with Crippen LogP contribution >= 0.6 is 0 Å². The number of aromatic nitrogens is 4. The lowest BCUT2D eigenvalue weighted by molar-refractivity contribution is -0.129. The molecule has 0 aliphatic heterocycles. The van der Waals surface area contributed by atoms with Crippen LogP contribution in [0.1, 0.15) is 0 Å². The molecule has 6 nitrogen and oxygen atoms in total. The standard InChI is InChI=1S/C8H6N4O2/c1-2-6(13)14-8-11-5-3-9-4-10-7(5)12-8/h2-4H,1H2,(H,9,10,11,12). The second kappa shape index (κ2) is 3.25. The maximum Gasteiger partial charge on any atom is 0.337 e. The third-order valence-corrected chi connectivity index (χ3v) is 1.50. The molecule has 0 aliphatic rings. The summed E-state index contributed by atoms with van der Waals surface area (Å²) in [5, 5.41) is 0. The molecule has 0 saturated carbocycles. The molecule has 0 bridgehead atoms. The van der Waals surface area contributed by atoms with Gasteiger partial charge in [-0.2, -0.15) is 4.98 Å². The molecule has 6 heteroatoms. The Morgan fingerprint density at radius 3 is 3.21 bits per heavy atom. The van der Waals surface area contributed by atoms with Gasteiger partial charge in [0.05, 0.1) is 6.20 Å². The van der Waals surface area contributed by atoms with Gasteiger partial charge in [0.25, 0.3) is 0 Å². The highest BCUT2D eigenvalue weighted by atomic mass is 16.5. The summed E-state index contributed by atoms with van der Waals surface area (Å²) in [6, 6.07) is 0.0883. The number of H-pyrrole nitrogens is 1. The molecule has 0 fully saturated rings. The van der Waals surface area contributed by atoms with E-state index in [0.717, 1.165) is 6.08 Å². The van der Waals surface area contributed by atoms with E-state index < -0.39 is 5.97 Å². The Balaban J connectivity index is 2.35. The zero-order chi connectivity index (χ0) is 9.97. The summed E-state index contributed by atoms with van der Waals surface area (Å²) in [6.07, 6.45) is 3.96. The molecule has 70 valence electrons. The number of hydrogen-bond acceptors (Lipinski definition) is 5. The molecule has 0 atom stereocenters. The molecular formula is C8H6N4O2. The molecule has 14 heavy (non-hydrogen) atoms. The number of aromatic amines is 1. The van der Waals surface area contributed by atoms with Crippen LogP contribution in [0.2, 0.25) is 0 Å². The van der Waals surface area contributed by atoms with Gasteiger partial charge in [0, 0.05) is 6.08 Å². The quantitative estimate of drug-likeness (QED) is 0.549. The van der Waals surface area contributed by atoms with Crippen molar-refractivity contribution in [2.24, 2.45) is 0 Å². The van der Waals surface area contributed by atoms with Gasteiger partial charge in [-0.05, 0) is 0 Å². The van der Waals surface area contributed by atoms with Crippen LogP contribution in [-0.4, -0.2) is 25.9 Å². The number of hydrogen-bond donors (Lipinski definition) is 1. The van der Waals surface area contributed by atoms with E-state index in [2.05, 4.69) is 26.5 Å². The van der Waals surface area contributed by atoms with Crippen molar-refractivity contribution in [3.05, 3.63) is 25.2 Å². The first-order valence-corrected chi connectivity index (χ1v) is 3.79. The summed E-state index contributed by atoms with van der Waals surface area (Å²) in [4.78, 5) is 25.1. The zero-order valence-corrected chi connectivity index (χ0v) is 7.10. The molecule has 2 aromatic heterocycles. The van der Waals surface area contributed by atoms with Gasteiger partial charge in [-0.3, -0.25) is 0 Å². The van der Waals surface area contributed by atoms with Crippen LogP contribution in [0.3, 0.4) is 0 Å². The normalized spacial score (nSPS) is 10.0. The van der Waals surface area contributed by atoms with Gasteiger partial charge >= 0.3 is 12.0 Å². The maximum atomic E-state index is 10.8. The summed E-state index contributed by atoms with van der Waals surface area (Å²) in [6.45, 7) is 3.27. The molecule has 0 unspecified atom stereocenters. The van der Waals surface area contributed by atoms with E-state index in [1.807, 2.05) is 0 Å². The molecule has 0 aliphatic carbocycles. The Hall–Kier alpha value is -2.24. The van der Waals surface area contributed by atoms with Crippen LogP contribution in [0.15, 0.2) is 25.2 Å². The lowest BCUT2D eigenvalue weighted by Gasteiger charge is -1.92. The fourth-order valence-electron chi connectivity index (χ4n) is 0.925. The van der Waals surface area contributed by atoms with Gasteiger partial charge in [0.1, 0.15) is 11.8 Å². The van der Waals surface area contributed by atoms with Crippen molar-refractivity contribution < 1.29 is 9.53 Å². The van der Waals surface area contributed by atoms with E-state index in [1.165, 1.54) is 6.33 Å². The number of nitrogens with one attached hydrogen (secondary N) is 1. The number of ether oxygens (including phenoxy) is 1. The van der Waals surface area contributed by atoms with Crippen LogP contribution < -0.4 is 4.74 Å². The van der Waals surface area contributed by atoms with Crippen LogP contribution in [0, 0.1) is 0 Å². The van der Waals surface area contributed by atoms with Crippen molar-refractivity contribution in [3.63, 3.8) is 0 Å². The number of carbonyl (C=O) groups excluding carboxylic acids is 1. The smallest absolute Gasteiger partial charge is 0.337 e. The van der Waals surface area contributed by atoms with E-state index in [-0.39, 0.29) is 6.01 Å². The average Bonchev–Trinajstić information content (AvgIpc) is 2.59. The Kier molecular flexibility index (Phi) is 1.94. The molecule has 0 aromatic carbocycles. The second-order valence-corrected chi connectivity index (χ2v) is 2.43. The monoisotopic (exact) mass is 190 g/mol. The van der Waals surface area contributed by atoms with Crippen molar-refractivity contribution in [1.29, 1.82) is 0 Å². The fourth-order valence-corrected chi connectivity index (χ4v) is 0.925. The number of rotatable bonds is 2. The van der Waals surface area contributed by atoms with Crippen LogP contribution in [-0.2, 0) is 4.79 Å². The molecular weight excluding hydrogens is 184 g/mol. The summed E-state index contributed by atoms with van der Waals surface area (Å²) >= 11 is 0. The van der Waals surface area contributed by atoms with Crippen molar-refractivity contribution in [3.8, 4) is 6.01 Å². The Labute approximate surface area is 78.7 Å². The van der Waals surface area contributed by atoms with Gasteiger partial charge in [-0.1, -0.05) is 6.58 Å². The van der Waals surface area contributed by atoms with Gasteiger partial charge in [-0.25, -0.2) is 14.8 Å². The highest BCUT2D eigenvalue weighted by Gasteiger charge is 2.06. The van der Waals surface area contributed by atoms with Crippen molar-refractivity contribution >= 4 is 17.1 Å². The van der Waals surface area contributed by atoms with Crippen molar-refractivity contribution in [2.75, 3.05) is 0 Å². The Morgan fingerprint density at radius 1 is 1.64 bits per heavy atom. The van der Waals surface area contributed by atoms with Gasteiger partial charge in [0.2, 0.25) is 0 Å². The molecule has 1 N–H and O–H groups in total. The third-order valence-electron chi connectivity index (χ3n) is 1.50. The lowest BCUT2D eigenvalue weighted by atomic mass is 10.6. The largest absolute Gasteiger partial charge is 0.389 e. The lowest BCUT2D eigenvalue weighted by Crippen LogP contribution is -2.03. The minimum absolute atomic E-state index is 0.0883. The summed E-state index contributed by atoms with van der Waals surface area (Å²) < 4.78 is 4.76. The Bertz CT molecular complexity index is 458. The summed E-state index contributed by atoms with van der Waals surface area (Å²) in [5.41, 5.74) is 1.06.